The van der Waals surface area contributed by atoms with Gasteiger partial charge in [-0.3, -0.25) is 9.48 Å². The Hall–Kier alpha value is -2.45. The van der Waals surface area contributed by atoms with E-state index in [1.165, 1.54) is 6.08 Å². The predicted molar refractivity (Wildman–Crippen MR) is 88.9 cm³/mol. The van der Waals surface area contributed by atoms with Crippen LogP contribution in [-0.4, -0.2) is 30.7 Å². The van der Waals surface area contributed by atoms with Gasteiger partial charge in [0.25, 0.3) is 0 Å². The van der Waals surface area contributed by atoms with Crippen LogP contribution < -0.4 is 10.0 Å². The molecule has 2 N–H and O–H groups in total. The van der Waals surface area contributed by atoms with E-state index in [0.29, 0.717) is 5.82 Å². The van der Waals surface area contributed by atoms with Crippen LogP contribution in [0.25, 0.3) is 6.08 Å². The largest absolute Gasteiger partial charge is 0.309 e. The van der Waals surface area contributed by atoms with Crippen molar-refractivity contribution in [3.63, 3.8) is 0 Å². The lowest BCUT2D eigenvalue weighted by Gasteiger charge is -2.03. The Labute approximate surface area is 135 Å². The van der Waals surface area contributed by atoms with Crippen molar-refractivity contribution < 1.29 is 13.2 Å². The standard InChI is InChI=1S/C15H18N4O3S/c1-19-11-8-14(18-19)17-15(20)7-10-16-23(21,22)12-9-13-5-3-2-4-6-13/h2-6,8-9,11-12,16H,7,10H2,1H3,(H,17,18,20)/b12-9+. The average Bonchev–Trinajstić information content (AvgIpc) is 2.91. The zero-order valence-corrected chi connectivity index (χ0v) is 13.5. The van der Waals surface area contributed by atoms with Gasteiger partial charge in [-0.15, -0.1) is 0 Å². The minimum atomic E-state index is -3.57. The lowest BCUT2D eigenvalue weighted by molar-refractivity contribution is -0.116. The van der Waals surface area contributed by atoms with Crippen molar-refractivity contribution in [2.24, 2.45) is 7.05 Å². The number of nitrogens with zero attached hydrogens (tertiary/aromatic N) is 2. The molecule has 0 spiro atoms. The quantitative estimate of drug-likeness (QED) is 0.799. The molecule has 0 unspecified atom stereocenters. The third-order valence-corrected chi connectivity index (χ3v) is 3.98. The Kier molecular flexibility index (Phi) is 5.67. The van der Waals surface area contributed by atoms with Gasteiger partial charge in [0, 0.05) is 37.7 Å². The van der Waals surface area contributed by atoms with Crippen LogP contribution in [0.4, 0.5) is 5.82 Å². The Morgan fingerprint density at radius 3 is 2.65 bits per heavy atom. The van der Waals surface area contributed by atoms with Gasteiger partial charge in [-0.1, -0.05) is 30.3 Å². The normalized spacial score (nSPS) is 11.7. The van der Waals surface area contributed by atoms with Gasteiger partial charge in [0.1, 0.15) is 0 Å². The van der Waals surface area contributed by atoms with E-state index in [1.807, 2.05) is 18.2 Å². The van der Waals surface area contributed by atoms with Gasteiger partial charge in [-0.25, -0.2) is 13.1 Å². The van der Waals surface area contributed by atoms with Crippen LogP contribution in [0.2, 0.25) is 0 Å². The number of sulfonamides is 1. The van der Waals surface area contributed by atoms with E-state index in [9.17, 15) is 13.2 Å². The van der Waals surface area contributed by atoms with Gasteiger partial charge in [0.05, 0.1) is 0 Å². The first-order chi connectivity index (χ1) is 10.9. The molecule has 0 saturated carbocycles. The van der Waals surface area contributed by atoms with Crippen LogP contribution in [0, 0.1) is 0 Å². The number of aryl methyl sites for hydroxylation is 1. The van der Waals surface area contributed by atoms with E-state index >= 15 is 0 Å². The zero-order valence-electron chi connectivity index (χ0n) is 12.6. The first kappa shape index (κ1) is 16.9. The average molecular weight is 334 g/mol. The van der Waals surface area contributed by atoms with E-state index in [0.717, 1.165) is 11.0 Å². The van der Waals surface area contributed by atoms with E-state index in [4.69, 9.17) is 0 Å². The van der Waals surface area contributed by atoms with Gasteiger partial charge >= 0.3 is 0 Å². The molecule has 1 heterocycles. The summed E-state index contributed by atoms with van der Waals surface area (Å²) in [5.74, 6) is 0.128. The summed E-state index contributed by atoms with van der Waals surface area (Å²) in [6.45, 7) is 0.0140. The van der Waals surface area contributed by atoms with Crippen molar-refractivity contribution in [2.75, 3.05) is 11.9 Å². The molecule has 122 valence electrons. The zero-order chi connectivity index (χ0) is 16.7. The summed E-state index contributed by atoms with van der Waals surface area (Å²) < 4.78 is 27.5. The molecule has 1 amide bonds. The van der Waals surface area contributed by atoms with E-state index in [2.05, 4.69) is 15.1 Å². The highest BCUT2D eigenvalue weighted by atomic mass is 32.2. The fourth-order valence-corrected chi connectivity index (χ4v) is 2.59. The van der Waals surface area contributed by atoms with Crippen LogP contribution in [0.1, 0.15) is 12.0 Å². The number of aromatic nitrogens is 2. The SMILES string of the molecule is Cn1ccc(NC(=O)CCNS(=O)(=O)/C=C/c2ccccc2)n1. The van der Waals surface area contributed by atoms with Crippen LogP contribution >= 0.6 is 0 Å². The van der Waals surface area contributed by atoms with Gasteiger partial charge in [-0.2, -0.15) is 5.10 Å². The third kappa shape index (κ3) is 6.05. The van der Waals surface area contributed by atoms with Crippen molar-refractivity contribution >= 4 is 27.8 Å². The number of carbonyl (C=O) groups excluding carboxylic acids is 1. The molecule has 0 radical (unpaired) electrons. The van der Waals surface area contributed by atoms with Gasteiger partial charge in [0.15, 0.2) is 5.82 Å². The van der Waals surface area contributed by atoms with Crippen molar-refractivity contribution in [1.29, 1.82) is 0 Å². The monoisotopic (exact) mass is 334 g/mol. The van der Waals surface area contributed by atoms with E-state index in [-0.39, 0.29) is 18.9 Å². The molecular weight excluding hydrogens is 316 g/mol. The molecule has 1 aromatic carbocycles. The van der Waals surface area contributed by atoms with Crippen LogP contribution in [0.3, 0.4) is 0 Å². The first-order valence-corrected chi connectivity index (χ1v) is 8.51. The smallest absolute Gasteiger partial charge is 0.233 e. The van der Waals surface area contributed by atoms with Crippen LogP contribution in [-0.2, 0) is 21.9 Å². The van der Waals surface area contributed by atoms with Crippen LogP contribution in [0.15, 0.2) is 48.0 Å². The highest BCUT2D eigenvalue weighted by Crippen LogP contribution is 2.03. The summed E-state index contributed by atoms with van der Waals surface area (Å²) in [5, 5.41) is 7.67. The second-order valence-electron chi connectivity index (χ2n) is 4.83. The Balaban J connectivity index is 1.78. The molecule has 0 atom stereocenters. The van der Waals surface area contributed by atoms with Gasteiger partial charge in [0.2, 0.25) is 15.9 Å². The molecule has 23 heavy (non-hydrogen) atoms. The molecule has 0 aliphatic carbocycles. The number of hydrogen-bond acceptors (Lipinski definition) is 4. The maximum atomic E-state index is 11.8. The highest BCUT2D eigenvalue weighted by molar-refractivity contribution is 7.92. The number of benzene rings is 1. The van der Waals surface area contributed by atoms with Gasteiger partial charge in [-0.05, 0) is 11.6 Å². The second-order valence-corrected chi connectivity index (χ2v) is 6.48. The molecule has 8 heteroatoms. The minimum Gasteiger partial charge on any atom is -0.309 e. The molecule has 7 nitrogen and oxygen atoms in total. The molecular formula is C15H18N4O3S. The molecule has 2 rings (SSSR count). The first-order valence-electron chi connectivity index (χ1n) is 6.97. The van der Waals surface area contributed by atoms with Gasteiger partial charge < -0.3 is 5.32 Å². The highest BCUT2D eigenvalue weighted by Gasteiger charge is 2.08. The summed E-state index contributed by atoms with van der Waals surface area (Å²) in [6, 6.07) is 10.7. The maximum Gasteiger partial charge on any atom is 0.233 e. The third-order valence-electron chi connectivity index (χ3n) is 2.88. The summed E-state index contributed by atoms with van der Waals surface area (Å²) in [6.07, 6.45) is 3.22. The van der Waals surface area contributed by atoms with E-state index in [1.54, 1.807) is 36.1 Å². The molecule has 2 aromatic rings. The second kappa shape index (κ2) is 7.70. The Morgan fingerprint density at radius 1 is 1.26 bits per heavy atom. The molecule has 0 aliphatic rings. The summed E-state index contributed by atoms with van der Waals surface area (Å²) in [5.41, 5.74) is 0.783. The van der Waals surface area contributed by atoms with Crippen molar-refractivity contribution in [3.8, 4) is 0 Å². The fraction of sp³-hybridized carbons (Fsp3) is 0.200. The predicted octanol–water partition coefficient (Wildman–Crippen LogP) is 1.34. The molecule has 0 aliphatic heterocycles. The Morgan fingerprint density at radius 2 is 2.00 bits per heavy atom. The molecule has 1 aromatic heterocycles. The number of rotatable bonds is 7. The fourth-order valence-electron chi connectivity index (χ4n) is 1.77. The number of amides is 1. The molecule has 0 fully saturated rings. The number of nitrogens with one attached hydrogen (secondary N) is 2. The minimum absolute atomic E-state index is 0.0140. The number of anilines is 1. The lowest BCUT2D eigenvalue weighted by atomic mass is 10.2. The van der Waals surface area contributed by atoms with E-state index < -0.39 is 10.0 Å². The number of hydrogen-bond donors (Lipinski definition) is 2. The van der Waals surface area contributed by atoms with Crippen LogP contribution in [0.5, 0.6) is 0 Å². The summed E-state index contributed by atoms with van der Waals surface area (Å²) in [7, 11) is -1.84. The lowest BCUT2D eigenvalue weighted by Crippen LogP contribution is -2.26. The summed E-state index contributed by atoms with van der Waals surface area (Å²) >= 11 is 0. The number of carbonyl (C=O) groups is 1. The maximum absolute atomic E-state index is 11.8. The Bertz CT molecular complexity index is 782. The van der Waals surface area contributed by atoms with Crippen molar-refractivity contribution in [2.45, 2.75) is 6.42 Å². The van der Waals surface area contributed by atoms with Crippen molar-refractivity contribution in [3.05, 3.63) is 53.6 Å². The summed E-state index contributed by atoms with van der Waals surface area (Å²) in [4.78, 5) is 11.7. The van der Waals surface area contributed by atoms with Crippen molar-refractivity contribution in [1.82, 2.24) is 14.5 Å². The molecule has 0 bridgehead atoms. The topological polar surface area (TPSA) is 93.1 Å². The molecule has 0 saturated heterocycles.